The summed E-state index contributed by atoms with van der Waals surface area (Å²) in [6.45, 7) is 0.552. The first-order valence-corrected chi connectivity index (χ1v) is 9.55. The molecule has 0 unspecified atom stereocenters. The van der Waals surface area contributed by atoms with Crippen LogP contribution in [-0.4, -0.2) is 59.4 Å². The molecule has 0 saturated carbocycles. The van der Waals surface area contributed by atoms with E-state index in [2.05, 4.69) is 15.2 Å². The van der Waals surface area contributed by atoms with Crippen LogP contribution >= 0.6 is 0 Å². The molecular weight excluding hydrogens is 429 g/mol. The zero-order chi connectivity index (χ0) is 22.9. The second-order valence-corrected chi connectivity index (χ2v) is 7.07. The molecule has 1 saturated heterocycles. The quantitative estimate of drug-likeness (QED) is 0.622. The third kappa shape index (κ3) is 4.32. The highest BCUT2D eigenvalue weighted by molar-refractivity contribution is 5.94. The molecule has 0 aliphatic carbocycles. The van der Waals surface area contributed by atoms with Crippen molar-refractivity contribution in [1.29, 1.82) is 0 Å². The SMILES string of the molecule is COc1ccc(OC)c(-c2cc(C(=O)N3CC(Oc4ccc(C(F)(F)F)cn4)C3)[nH]n2)c1. The van der Waals surface area contributed by atoms with E-state index in [-0.39, 0.29) is 36.7 Å². The summed E-state index contributed by atoms with van der Waals surface area (Å²) < 4.78 is 53.9. The first kappa shape index (κ1) is 21.5. The standard InChI is InChI=1S/C21H19F3N4O4/c1-30-13-4-5-18(31-2)15(7-13)16-8-17(27-26-16)20(29)28-10-14(11-28)32-19-6-3-12(9-25-19)21(22,23)24/h3-9,14H,10-11H2,1-2H3,(H,26,27). The minimum absolute atomic E-state index is 0.0732. The van der Waals surface area contributed by atoms with E-state index in [0.29, 0.717) is 22.8 Å². The normalized spacial score (nSPS) is 14.1. The van der Waals surface area contributed by atoms with Crippen molar-refractivity contribution in [3.8, 4) is 28.6 Å². The molecule has 1 amide bonds. The van der Waals surface area contributed by atoms with E-state index in [1.807, 2.05) is 0 Å². The Morgan fingerprint density at radius 3 is 2.53 bits per heavy atom. The number of ether oxygens (including phenoxy) is 3. The number of alkyl halides is 3. The number of amides is 1. The molecule has 1 aliphatic heterocycles. The summed E-state index contributed by atoms with van der Waals surface area (Å²) in [5.74, 6) is 1.00. The van der Waals surface area contributed by atoms with E-state index in [4.69, 9.17) is 14.2 Å². The summed E-state index contributed by atoms with van der Waals surface area (Å²) in [5, 5.41) is 6.94. The average Bonchev–Trinajstić information content (AvgIpc) is 3.25. The van der Waals surface area contributed by atoms with Gasteiger partial charge in [-0.3, -0.25) is 9.89 Å². The number of benzene rings is 1. The number of aromatic nitrogens is 3. The predicted molar refractivity (Wildman–Crippen MR) is 107 cm³/mol. The van der Waals surface area contributed by atoms with Gasteiger partial charge in [0, 0.05) is 17.8 Å². The molecule has 4 rings (SSSR count). The van der Waals surface area contributed by atoms with Crippen LogP contribution in [0.2, 0.25) is 0 Å². The van der Waals surface area contributed by atoms with Crippen LogP contribution < -0.4 is 14.2 Å². The molecule has 168 valence electrons. The molecular formula is C21H19F3N4O4. The van der Waals surface area contributed by atoms with Gasteiger partial charge in [0.25, 0.3) is 5.91 Å². The van der Waals surface area contributed by atoms with Crippen LogP contribution in [-0.2, 0) is 6.18 Å². The number of H-pyrrole nitrogens is 1. The topological polar surface area (TPSA) is 89.6 Å². The van der Waals surface area contributed by atoms with Crippen LogP contribution in [0.1, 0.15) is 16.1 Å². The number of rotatable bonds is 6. The Balaban J connectivity index is 1.38. The molecule has 3 aromatic rings. The first-order chi connectivity index (χ1) is 15.3. The van der Waals surface area contributed by atoms with Crippen molar-refractivity contribution in [2.75, 3.05) is 27.3 Å². The smallest absolute Gasteiger partial charge is 0.417 e. The maximum atomic E-state index is 12.7. The van der Waals surface area contributed by atoms with E-state index < -0.39 is 11.7 Å². The number of pyridine rings is 1. The zero-order valence-electron chi connectivity index (χ0n) is 17.1. The number of methoxy groups -OCH3 is 2. The van der Waals surface area contributed by atoms with Crippen molar-refractivity contribution in [2.45, 2.75) is 12.3 Å². The van der Waals surface area contributed by atoms with Gasteiger partial charge < -0.3 is 19.1 Å². The van der Waals surface area contributed by atoms with E-state index in [1.54, 1.807) is 31.4 Å². The summed E-state index contributed by atoms with van der Waals surface area (Å²) in [7, 11) is 3.09. The summed E-state index contributed by atoms with van der Waals surface area (Å²) in [5.41, 5.74) is 0.626. The van der Waals surface area contributed by atoms with Crippen molar-refractivity contribution in [1.82, 2.24) is 20.1 Å². The largest absolute Gasteiger partial charge is 0.497 e. The van der Waals surface area contributed by atoms with Gasteiger partial charge in [0.05, 0.1) is 38.6 Å². The molecule has 11 heteroatoms. The van der Waals surface area contributed by atoms with Crippen LogP contribution in [0.25, 0.3) is 11.3 Å². The van der Waals surface area contributed by atoms with Gasteiger partial charge in [-0.2, -0.15) is 18.3 Å². The Hall–Kier alpha value is -3.76. The van der Waals surface area contributed by atoms with Gasteiger partial charge in [-0.05, 0) is 30.3 Å². The highest BCUT2D eigenvalue weighted by Gasteiger charge is 2.35. The number of aromatic amines is 1. The van der Waals surface area contributed by atoms with Crippen molar-refractivity contribution in [3.63, 3.8) is 0 Å². The Morgan fingerprint density at radius 1 is 1.12 bits per heavy atom. The Kier molecular flexibility index (Phi) is 5.64. The highest BCUT2D eigenvalue weighted by Crippen LogP contribution is 2.33. The molecule has 0 radical (unpaired) electrons. The molecule has 0 spiro atoms. The molecule has 8 nitrogen and oxygen atoms in total. The third-order valence-electron chi connectivity index (χ3n) is 4.98. The second kappa shape index (κ2) is 8.40. The van der Waals surface area contributed by atoms with Gasteiger partial charge in [-0.25, -0.2) is 4.98 Å². The first-order valence-electron chi connectivity index (χ1n) is 9.55. The van der Waals surface area contributed by atoms with Gasteiger partial charge in [0.1, 0.15) is 23.3 Å². The molecule has 1 aliphatic rings. The third-order valence-corrected chi connectivity index (χ3v) is 4.98. The molecule has 3 heterocycles. The predicted octanol–water partition coefficient (Wildman–Crippen LogP) is 3.41. The van der Waals surface area contributed by atoms with Gasteiger partial charge in [0.2, 0.25) is 5.88 Å². The van der Waals surface area contributed by atoms with Gasteiger partial charge in [-0.1, -0.05) is 0 Å². The van der Waals surface area contributed by atoms with E-state index >= 15 is 0 Å². The summed E-state index contributed by atoms with van der Waals surface area (Å²) in [6.07, 6.45) is -4.09. The van der Waals surface area contributed by atoms with Crippen LogP contribution in [0, 0.1) is 0 Å². The number of carbonyl (C=O) groups is 1. The van der Waals surface area contributed by atoms with E-state index in [0.717, 1.165) is 18.3 Å². The van der Waals surface area contributed by atoms with Crippen molar-refractivity contribution in [3.05, 3.63) is 53.9 Å². The second-order valence-electron chi connectivity index (χ2n) is 7.07. The fourth-order valence-corrected chi connectivity index (χ4v) is 3.22. The lowest BCUT2D eigenvalue weighted by Gasteiger charge is -2.38. The lowest BCUT2D eigenvalue weighted by atomic mass is 10.1. The van der Waals surface area contributed by atoms with Gasteiger partial charge in [0.15, 0.2) is 0 Å². The molecule has 2 aromatic heterocycles. The van der Waals surface area contributed by atoms with Crippen molar-refractivity contribution in [2.24, 2.45) is 0 Å². The maximum absolute atomic E-state index is 12.7. The summed E-state index contributed by atoms with van der Waals surface area (Å²) in [6, 6.07) is 8.95. The minimum atomic E-state index is -4.46. The monoisotopic (exact) mass is 448 g/mol. The van der Waals surface area contributed by atoms with Crippen LogP contribution in [0.3, 0.4) is 0 Å². The maximum Gasteiger partial charge on any atom is 0.417 e. The highest BCUT2D eigenvalue weighted by atomic mass is 19.4. The van der Waals surface area contributed by atoms with Crippen LogP contribution in [0.15, 0.2) is 42.6 Å². The number of likely N-dealkylation sites (tertiary alicyclic amines) is 1. The van der Waals surface area contributed by atoms with Crippen molar-refractivity contribution < 1.29 is 32.2 Å². The Morgan fingerprint density at radius 2 is 1.91 bits per heavy atom. The molecule has 0 bridgehead atoms. The Bertz CT molecular complexity index is 1110. The lowest BCUT2D eigenvalue weighted by Crippen LogP contribution is -2.56. The van der Waals surface area contributed by atoms with Gasteiger partial charge >= 0.3 is 6.18 Å². The number of nitrogens with one attached hydrogen (secondary N) is 1. The molecule has 32 heavy (non-hydrogen) atoms. The number of hydrogen-bond acceptors (Lipinski definition) is 6. The number of hydrogen-bond donors (Lipinski definition) is 1. The number of nitrogens with zero attached hydrogens (tertiary/aromatic N) is 3. The molecule has 1 aromatic carbocycles. The molecule has 0 atom stereocenters. The molecule has 1 fully saturated rings. The summed E-state index contributed by atoms with van der Waals surface area (Å²) >= 11 is 0. The van der Waals surface area contributed by atoms with E-state index in [9.17, 15) is 18.0 Å². The van der Waals surface area contributed by atoms with Gasteiger partial charge in [-0.15, -0.1) is 0 Å². The van der Waals surface area contributed by atoms with E-state index in [1.165, 1.54) is 12.0 Å². The fourth-order valence-electron chi connectivity index (χ4n) is 3.22. The lowest BCUT2D eigenvalue weighted by molar-refractivity contribution is -0.137. The van der Waals surface area contributed by atoms with Crippen molar-refractivity contribution >= 4 is 5.91 Å². The number of halogens is 3. The average molecular weight is 448 g/mol. The molecule has 1 N–H and O–H groups in total. The van der Waals surface area contributed by atoms with Crippen LogP contribution in [0.4, 0.5) is 13.2 Å². The number of carbonyl (C=O) groups excluding carboxylic acids is 1. The summed E-state index contributed by atoms with van der Waals surface area (Å²) in [4.78, 5) is 17.9. The van der Waals surface area contributed by atoms with Crippen LogP contribution in [0.5, 0.6) is 17.4 Å². The fraction of sp³-hybridized carbons (Fsp3) is 0.286. The zero-order valence-corrected chi connectivity index (χ0v) is 17.1. The Labute approximate surface area is 180 Å². The minimum Gasteiger partial charge on any atom is -0.497 e.